The topological polar surface area (TPSA) is 68.2 Å². The van der Waals surface area contributed by atoms with E-state index in [2.05, 4.69) is 24.0 Å². The number of anilines is 2. The Kier molecular flexibility index (Phi) is 3.54. The van der Waals surface area contributed by atoms with Crippen molar-refractivity contribution in [2.24, 2.45) is 0 Å². The lowest BCUT2D eigenvalue weighted by Crippen LogP contribution is -2.24. The average Bonchev–Trinajstić information content (AvgIpc) is 2.54. The van der Waals surface area contributed by atoms with Crippen molar-refractivity contribution in [3.05, 3.63) is 0 Å². The Hall–Kier alpha value is -1.26. The van der Waals surface area contributed by atoms with Crippen LogP contribution in [0.5, 0.6) is 0 Å². The molecule has 5 nitrogen and oxygen atoms in total. The van der Waals surface area contributed by atoms with Crippen LogP contribution in [0, 0.1) is 0 Å². The van der Waals surface area contributed by atoms with Gasteiger partial charge in [0.2, 0.25) is 0 Å². The van der Waals surface area contributed by atoms with Crippen LogP contribution in [0.25, 0.3) is 0 Å². The fourth-order valence-electron chi connectivity index (χ4n) is 1.09. The summed E-state index contributed by atoms with van der Waals surface area (Å²) in [5.41, 5.74) is 5.33. The van der Waals surface area contributed by atoms with Gasteiger partial charge in [-0.3, -0.25) is 0 Å². The molecule has 0 aliphatic rings. The predicted molar refractivity (Wildman–Crippen MR) is 51.5 cm³/mol. The minimum atomic E-state index is 0.130. The van der Waals surface area contributed by atoms with Gasteiger partial charge in [0.1, 0.15) is 0 Å². The Labute approximate surface area is 77.9 Å². The molecule has 0 amide bonds. The maximum absolute atomic E-state index is 5.33. The summed E-state index contributed by atoms with van der Waals surface area (Å²) in [5.74, 6) is 0. The molecular formula is C8H16N4O. The van der Waals surface area contributed by atoms with Crippen molar-refractivity contribution in [2.75, 3.05) is 23.7 Å². The van der Waals surface area contributed by atoms with E-state index < -0.39 is 0 Å². The van der Waals surface area contributed by atoms with Gasteiger partial charge in [0.05, 0.1) is 0 Å². The second-order valence-corrected chi connectivity index (χ2v) is 2.86. The average molecular weight is 184 g/mol. The molecule has 2 N–H and O–H groups in total. The first kappa shape index (κ1) is 9.83. The molecule has 0 saturated heterocycles. The summed E-state index contributed by atoms with van der Waals surface area (Å²) in [4.78, 5) is 2.02. The Bertz CT molecular complexity index is 248. The summed E-state index contributed by atoms with van der Waals surface area (Å²) < 4.78 is 5.12. The maximum atomic E-state index is 5.33. The van der Waals surface area contributed by atoms with Crippen molar-refractivity contribution in [3.8, 4) is 0 Å². The molecule has 5 heteroatoms. The van der Waals surface area contributed by atoms with Gasteiger partial charge in [0, 0.05) is 13.1 Å². The first-order valence-electron chi connectivity index (χ1n) is 4.61. The van der Waals surface area contributed by atoms with Gasteiger partial charge in [-0.2, -0.15) is 0 Å². The standard InChI is InChI=1S/C8H16N4O/c1-3-5-6-12(4-2)8-11-10-7(9)13-8/h3-6H2,1-2H3,(H2,9,10). The van der Waals surface area contributed by atoms with E-state index in [1.54, 1.807) is 0 Å². The molecule has 0 atom stereocenters. The number of nitrogen functional groups attached to an aromatic ring is 1. The number of hydrogen-bond acceptors (Lipinski definition) is 5. The number of rotatable bonds is 5. The lowest BCUT2D eigenvalue weighted by atomic mass is 10.3. The van der Waals surface area contributed by atoms with Crippen molar-refractivity contribution >= 4 is 12.0 Å². The monoisotopic (exact) mass is 184 g/mol. The van der Waals surface area contributed by atoms with Gasteiger partial charge in [-0.15, -0.1) is 0 Å². The first-order chi connectivity index (χ1) is 6.27. The Morgan fingerprint density at radius 3 is 2.62 bits per heavy atom. The highest BCUT2D eigenvalue weighted by Crippen LogP contribution is 2.13. The molecule has 1 heterocycles. The molecule has 0 unspecified atom stereocenters. The molecule has 0 fully saturated rings. The van der Waals surface area contributed by atoms with Gasteiger partial charge in [-0.1, -0.05) is 23.5 Å². The highest BCUT2D eigenvalue weighted by atomic mass is 16.4. The lowest BCUT2D eigenvalue weighted by molar-refractivity contribution is 0.544. The quantitative estimate of drug-likeness (QED) is 0.746. The van der Waals surface area contributed by atoms with E-state index in [0.717, 1.165) is 25.9 Å². The minimum absolute atomic E-state index is 0.130. The fraction of sp³-hybridized carbons (Fsp3) is 0.750. The summed E-state index contributed by atoms with van der Waals surface area (Å²) in [6.45, 7) is 6.00. The molecule has 0 spiro atoms. The molecular weight excluding hydrogens is 168 g/mol. The second kappa shape index (κ2) is 4.69. The second-order valence-electron chi connectivity index (χ2n) is 2.86. The van der Waals surface area contributed by atoms with Crippen LogP contribution >= 0.6 is 0 Å². The third-order valence-corrected chi connectivity index (χ3v) is 1.86. The van der Waals surface area contributed by atoms with Gasteiger partial charge < -0.3 is 15.1 Å². The van der Waals surface area contributed by atoms with E-state index in [9.17, 15) is 0 Å². The van der Waals surface area contributed by atoms with E-state index in [1.807, 2.05) is 4.90 Å². The summed E-state index contributed by atoms with van der Waals surface area (Å²) in [6.07, 6.45) is 2.27. The SMILES string of the molecule is CCCCN(CC)c1nnc(N)o1. The molecule has 0 aliphatic heterocycles. The molecule has 1 aromatic heterocycles. The number of nitrogens with zero attached hydrogens (tertiary/aromatic N) is 3. The van der Waals surface area contributed by atoms with Crippen LogP contribution in [-0.2, 0) is 0 Å². The van der Waals surface area contributed by atoms with Gasteiger partial charge >= 0.3 is 12.0 Å². The fourth-order valence-corrected chi connectivity index (χ4v) is 1.09. The number of aromatic nitrogens is 2. The number of nitrogens with two attached hydrogens (primary N) is 1. The molecule has 0 bridgehead atoms. The number of unbranched alkanes of at least 4 members (excludes halogenated alkanes) is 1. The Morgan fingerprint density at radius 1 is 1.38 bits per heavy atom. The Morgan fingerprint density at radius 2 is 2.15 bits per heavy atom. The zero-order chi connectivity index (χ0) is 9.68. The van der Waals surface area contributed by atoms with Gasteiger partial charge in [-0.25, -0.2) is 0 Å². The highest BCUT2D eigenvalue weighted by molar-refractivity contribution is 5.26. The molecule has 1 rings (SSSR count). The summed E-state index contributed by atoms with van der Waals surface area (Å²) in [5, 5.41) is 7.44. The first-order valence-corrected chi connectivity index (χ1v) is 4.61. The van der Waals surface area contributed by atoms with Crippen LogP contribution < -0.4 is 10.6 Å². The molecule has 0 saturated carbocycles. The maximum Gasteiger partial charge on any atom is 0.319 e. The summed E-state index contributed by atoms with van der Waals surface area (Å²) in [7, 11) is 0. The molecule has 0 aliphatic carbocycles. The summed E-state index contributed by atoms with van der Waals surface area (Å²) >= 11 is 0. The largest absolute Gasteiger partial charge is 0.390 e. The third-order valence-electron chi connectivity index (χ3n) is 1.86. The van der Waals surface area contributed by atoms with Gasteiger partial charge in [0.15, 0.2) is 0 Å². The van der Waals surface area contributed by atoms with Crippen LogP contribution in [0.4, 0.5) is 12.0 Å². The molecule has 74 valence electrons. The normalized spacial score (nSPS) is 10.3. The predicted octanol–water partition coefficient (Wildman–Crippen LogP) is 1.28. The highest BCUT2D eigenvalue weighted by Gasteiger charge is 2.10. The van der Waals surface area contributed by atoms with Crippen molar-refractivity contribution in [1.29, 1.82) is 0 Å². The van der Waals surface area contributed by atoms with Crippen LogP contribution in [0.2, 0.25) is 0 Å². The van der Waals surface area contributed by atoms with Gasteiger partial charge in [0.25, 0.3) is 0 Å². The third kappa shape index (κ3) is 2.61. The van der Waals surface area contributed by atoms with Crippen molar-refractivity contribution in [1.82, 2.24) is 10.2 Å². The molecule has 13 heavy (non-hydrogen) atoms. The van der Waals surface area contributed by atoms with E-state index >= 15 is 0 Å². The van der Waals surface area contributed by atoms with Crippen molar-refractivity contribution in [3.63, 3.8) is 0 Å². The molecule has 0 radical (unpaired) electrons. The molecule has 0 aromatic carbocycles. The van der Waals surface area contributed by atoms with Crippen LogP contribution in [-0.4, -0.2) is 23.3 Å². The Balaban J connectivity index is 2.56. The van der Waals surface area contributed by atoms with E-state index in [4.69, 9.17) is 10.2 Å². The minimum Gasteiger partial charge on any atom is -0.390 e. The van der Waals surface area contributed by atoms with Crippen LogP contribution in [0.15, 0.2) is 4.42 Å². The lowest BCUT2D eigenvalue weighted by Gasteiger charge is -2.16. The smallest absolute Gasteiger partial charge is 0.319 e. The zero-order valence-corrected chi connectivity index (χ0v) is 8.16. The van der Waals surface area contributed by atoms with E-state index in [-0.39, 0.29) is 6.01 Å². The van der Waals surface area contributed by atoms with Gasteiger partial charge in [-0.05, 0) is 13.3 Å². The van der Waals surface area contributed by atoms with E-state index in [1.165, 1.54) is 0 Å². The van der Waals surface area contributed by atoms with Crippen LogP contribution in [0.1, 0.15) is 26.7 Å². The van der Waals surface area contributed by atoms with Crippen LogP contribution in [0.3, 0.4) is 0 Å². The van der Waals surface area contributed by atoms with E-state index in [0.29, 0.717) is 6.01 Å². The summed E-state index contributed by atoms with van der Waals surface area (Å²) in [6, 6.07) is 0.651. The van der Waals surface area contributed by atoms with Crippen molar-refractivity contribution in [2.45, 2.75) is 26.7 Å². The molecule has 1 aromatic rings. The zero-order valence-electron chi connectivity index (χ0n) is 8.16. The number of hydrogen-bond donors (Lipinski definition) is 1. The van der Waals surface area contributed by atoms with Crippen molar-refractivity contribution < 1.29 is 4.42 Å².